The molecule has 1 aromatic carbocycles. The summed E-state index contributed by atoms with van der Waals surface area (Å²) in [6.45, 7) is 11.0. The minimum Gasteiger partial charge on any atom is -0.464 e. The minimum atomic E-state index is -0.918. The second-order valence-corrected chi connectivity index (χ2v) is 16.8. The summed E-state index contributed by atoms with van der Waals surface area (Å²) in [4.78, 5) is 51.0. The number of esters is 1. The summed E-state index contributed by atoms with van der Waals surface area (Å²) >= 11 is 1.59. The molecule has 13 heteroatoms. The fourth-order valence-electron chi connectivity index (χ4n) is 8.28. The van der Waals surface area contributed by atoms with Crippen LogP contribution in [0.25, 0.3) is 22.2 Å². The Balaban J connectivity index is 1.32. The van der Waals surface area contributed by atoms with E-state index in [-0.39, 0.29) is 48.8 Å². The van der Waals surface area contributed by atoms with Crippen LogP contribution < -0.4 is 10.7 Å². The Morgan fingerprint density at radius 2 is 2.08 bits per heavy atom. The van der Waals surface area contributed by atoms with Gasteiger partial charge in [0.15, 0.2) is 0 Å². The van der Waals surface area contributed by atoms with Crippen LogP contribution in [0, 0.1) is 23.2 Å². The molecule has 6 bridgehead atoms. The molecule has 5 heterocycles. The molecule has 2 aromatic heterocycles. The van der Waals surface area contributed by atoms with Crippen LogP contribution in [0.15, 0.2) is 41.5 Å². The molecule has 0 radical (unpaired) electrons. The number of aliphatic imine (C=N–C) groups is 1. The Hall–Kier alpha value is -3.81. The number of thioether (sulfide) groups is 1. The Bertz CT molecular complexity index is 1930. The van der Waals surface area contributed by atoms with Crippen molar-refractivity contribution in [3.8, 4) is 11.3 Å². The minimum absolute atomic E-state index is 0.0792. The lowest BCUT2D eigenvalue weighted by molar-refractivity contribution is -0.155. The lowest BCUT2D eigenvalue weighted by Crippen LogP contribution is -2.60. The molecule has 1 saturated heterocycles. The summed E-state index contributed by atoms with van der Waals surface area (Å²) in [5, 5.41) is 6.29. The fourth-order valence-corrected chi connectivity index (χ4v) is 9.38. The summed E-state index contributed by atoms with van der Waals surface area (Å²) in [7, 11) is 1.69. The molecule has 4 aliphatic rings. The van der Waals surface area contributed by atoms with Crippen LogP contribution in [-0.2, 0) is 36.8 Å². The fraction of sp³-hybridized carbons (Fsp3) is 0.575. The van der Waals surface area contributed by atoms with E-state index in [2.05, 4.69) is 60.3 Å². The van der Waals surface area contributed by atoms with Crippen LogP contribution in [0.2, 0.25) is 0 Å². The highest BCUT2D eigenvalue weighted by Crippen LogP contribution is 2.46. The molecule has 0 spiro atoms. The van der Waals surface area contributed by atoms with Crippen molar-refractivity contribution in [3.63, 3.8) is 0 Å². The highest BCUT2D eigenvalue weighted by molar-refractivity contribution is 8.14. The van der Waals surface area contributed by atoms with Gasteiger partial charge in [0.25, 0.3) is 5.91 Å². The van der Waals surface area contributed by atoms with Crippen molar-refractivity contribution in [3.05, 3.63) is 53.3 Å². The van der Waals surface area contributed by atoms with Gasteiger partial charge in [0.1, 0.15) is 12.1 Å². The number of fused-ring (bicyclic) bond motifs is 5. The van der Waals surface area contributed by atoms with Gasteiger partial charge in [-0.1, -0.05) is 26.8 Å². The molecule has 2 fully saturated rings. The Morgan fingerprint density at radius 1 is 1.26 bits per heavy atom. The van der Waals surface area contributed by atoms with Gasteiger partial charge < -0.3 is 19.4 Å². The Kier molecular flexibility index (Phi) is 10.7. The van der Waals surface area contributed by atoms with Crippen LogP contribution >= 0.6 is 11.8 Å². The van der Waals surface area contributed by atoms with Gasteiger partial charge in [-0.3, -0.25) is 33.8 Å². The molecular weight excluding hydrogens is 696 g/mol. The zero-order chi connectivity index (χ0) is 37.6. The summed E-state index contributed by atoms with van der Waals surface area (Å²) in [5.74, 6) is -1.26. The number of ether oxygens (including phenoxy) is 2. The largest absolute Gasteiger partial charge is 0.464 e. The molecule has 2 amide bonds. The zero-order valence-electron chi connectivity index (χ0n) is 31.5. The molecule has 1 saturated carbocycles. The second kappa shape index (κ2) is 15.1. The standard InChI is InChI=1S/C40H51FN6O5S/c1-7-46-32-13-12-24-16-26(32)27(36(46)25-10-8-14-42-35(25)23(3)51-6)18-40(4,5)21-52-39(50)29-11-9-15-47(45-29)38(49)30(17-33-43-31(24)20-53-33)44-37(48)34-22(2)28(34)19-41/h8,10,12-14,16,22-23,28-31,34,45H,7,9,11,15,17-21H2,1-6H3,(H,44,48)/t22-,23-,28+,29-,30-,31?,34+/m0/s1. The first-order chi connectivity index (χ1) is 25.4. The van der Waals surface area contributed by atoms with E-state index in [0.717, 1.165) is 50.6 Å². The molecule has 2 N–H and O–H groups in total. The predicted octanol–water partition coefficient (Wildman–Crippen LogP) is 5.96. The molecule has 7 rings (SSSR count). The number of hydrogen-bond donors (Lipinski definition) is 2. The molecule has 3 aliphatic heterocycles. The van der Waals surface area contributed by atoms with Crippen molar-refractivity contribution in [2.75, 3.05) is 32.7 Å². The summed E-state index contributed by atoms with van der Waals surface area (Å²) in [6, 6.07) is 8.85. The van der Waals surface area contributed by atoms with Crippen LogP contribution in [0.5, 0.6) is 0 Å². The first kappa shape index (κ1) is 37.5. The van der Waals surface area contributed by atoms with Gasteiger partial charge in [-0.25, -0.2) is 5.43 Å². The lowest BCUT2D eigenvalue weighted by Gasteiger charge is -2.35. The number of halogens is 1. The van der Waals surface area contributed by atoms with Crippen LogP contribution in [0.1, 0.15) is 82.8 Å². The number of aromatic nitrogens is 2. The SMILES string of the molecule is CCn1c(-c2cccnc2[C@H](C)OC)c2c3cc(ccc31)C1CSC(=N1)C[C@H](NC(=O)[C@@H]1[C@@H](C)[C@H]1CF)C(=O)N1CCC[C@H](N1)C(=O)OCC(C)(C)C2. The van der Waals surface area contributed by atoms with Gasteiger partial charge >= 0.3 is 5.97 Å². The van der Waals surface area contributed by atoms with Crippen molar-refractivity contribution in [1.29, 1.82) is 0 Å². The monoisotopic (exact) mass is 746 g/mol. The summed E-state index contributed by atoms with van der Waals surface area (Å²) in [6.07, 6.45) is 3.51. The maximum absolute atomic E-state index is 14.1. The number of nitrogens with one attached hydrogen (secondary N) is 2. The smallest absolute Gasteiger partial charge is 0.324 e. The third-order valence-electron chi connectivity index (χ3n) is 11.5. The number of carbonyl (C=O) groups is 3. The van der Waals surface area contributed by atoms with E-state index >= 15 is 0 Å². The highest BCUT2D eigenvalue weighted by atomic mass is 32.2. The van der Waals surface area contributed by atoms with E-state index in [4.69, 9.17) is 19.5 Å². The third kappa shape index (κ3) is 7.36. The van der Waals surface area contributed by atoms with Crippen LogP contribution in [-0.4, -0.2) is 82.2 Å². The van der Waals surface area contributed by atoms with Gasteiger partial charge in [0.2, 0.25) is 5.91 Å². The number of benzene rings is 1. The molecule has 1 aliphatic carbocycles. The highest BCUT2D eigenvalue weighted by Gasteiger charge is 2.52. The molecule has 53 heavy (non-hydrogen) atoms. The second-order valence-electron chi connectivity index (χ2n) is 15.7. The zero-order valence-corrected chi connectivity index (χ0v) is 32.3. The van der Waals surface area contributed by atoms with Gasteiger partial charge in [-0.05, 0) is 74.4 Å². The van der Waals surface area contributed by atoms with Crippen LogP contribution in [0.3, 0.4) is 0 Å². The normalized spacial score (nSPS) is 27.9. The lowest BCUT2D eigenvalue weighted by atomic mass is 9.84. The predicted molar refractivity (Wildman–Crippen MR) is 204 cm³/mol. The molecule has 284 valence electrons. The maximum atomic E-state index is 14.1. The number of hydrogen-bond acceptors (Lipinski definition) is 9. The van der Waals surface area contributed by atoms with Gasteiger partial charge in [-0.2, -0.15) is 0 Å². The molecule has 7 atom stereocenters. The van der Waals surface area contributed by atoms with Crippen molar-refractivity contribution < 1.29 is 28.2 Å². The van der Waals surface area contributed by atoms with Gasteiger partial charge in [-0.15, -0.1) is 11.8 Å². The quantitative estimate of drug-likeness (QED) is 0.284. The number of amides is 2. The van der Waals surface area contributed by atoms with E-state index in [1.165, 1.54) is 5.01 Å². The average Bonchev–Trinajstić information content (AvgIpc) is 3.44. The topological polar surface area (TPSA) is 127 Å². The van der Waals surface area contributed by atoms with E-state index in [1.807, 2.05) is 19.9 Å². The third-order valence-corrected chi connectivity index (χ3v) is 12.6. The van der Waals surface area contributed by atoms with E-state index in [9.17, 15) is 18.8 Å². The number of aryl methyl sites for hydroxylation is 1. The number of carbonyl (C=O) groups excluding carboxylic acids is 3. The maximum Gasteiger partial charge on any atom is 0.324 e. The van der Waals surface area contributed by atoms with E-state index in [1.54, 1.807) is 25.1 Å². The number of hydrazine groups is 1. The van der Waals surface area contributed by atoms with Gasteiger partial charge in [0.05, 0.1) is 41.9 Å². The summed E-state index contributed by atoms with van der Waals surface area (Å²) in [5.41, 5.74) is 8.90. The average molecular weight is 747 g/mol. The number of rotatable bonds is 7. The summed E-state index contributed by atoms with van der Waals surface area (Å²) < 4.78 is 27.7. The number of nitrogens with zero attached hydrogens (tertiary/aromatic N) is 4. The Morgan fingerprint density at radius 3 is 2.81 bits per heavy atom. The molecule has 1 unspecified atom stereocenters. The molecule has 11 nitrogen and oxygen atoms in total. The van der Waals surface area contributed by atoms with E-state index in [0.29, 0.717) is 31.6 Å². The number of pyridine rings is 1. The first-order valence-corrected chi connectivity index (χ1v) is 19.9. The van der Waals surface area contributed by atoms with Crippen LogP contribution in [0.4, 0.5) is 4.39 Å². The van der Waals surface area contributed by atoms with Crippen molar-refractivity contribution >= 4 is 45.5 Å². The molecule has 3 aromatic rings. The van der Waals surface area contributed by atoms with Crippen molar-refractivity contribution in [1.82, 2.24) is 25.3 Å². The number of methoxy groups -OCH3 is 1. The van der Waals surface area contributed by atoms with Crippen molar-refractivity contribution in [2.45, 2.75) is 91.1 Å². The number of alkyl halides is 1. The Labute approximate surface area is 314 Å². The first-order valence-electron chi connectivity index (χ1n) is 18.9. The van der Waals surface area contributed by atoms with Gasteiger partial charge in [0, 0.05) is 72.3 Å². The number of cyclic esters (lactones) is 1. The van der Waals surface area contributed by atoms with E-state index < -0.39 is 36.1 Å². The van der Waals surface area contributed by atoms with Crippen molar-refractivity contribution in [2.24, 2.45) is 28.2 Å². The molecular formula is C40H51FN6O5S.